The summed E-state index contributed by atoms with van der Waals surface area (Å²) in [6.45, 7) is 0.175. The third kappa shape index (κ3) is 5.69. The van der Waals surface area contributed by atoms with E-state index in [-0.39, 0.29) is 30.7 Å². The van der Waals surface area contributed by atoms with Gasteiger partial charge in [-0.1, -0.05) is 11.3 Å². The maximum Gasteiger partial charge on any atom is 0.286 e. The lowest BCUT2D eigenvalue weighted by atomic mass is 10.3. The van der Waals surface area contributed by atoms with Gasteiger partial charge in [-0.25, -0.2) is 4.39 Å². The number of nitrogens with one attached hydrogen (secondary N) is 2. The van der Waals surface area contributed by atoms with E-state index in [9.17, 15) is 14.0 Å². The van der Waals surface area contributed by atoms with Gasteiger partial charge >= 0.3 is 0 Å². The maximum atomic E-state index is 12.9. The highest BCUT2D eigenvalue weighted by atomic mass is 32.1. The van der Waals surface area contributed by atoms with Crippen molar-refractivity contribution in [2.45, 2.75) is 13.2 Å². The zero-order chi connectivity index (χ0) is 19.1. The van der Waals surface area contributed by atoms with Crippen LogP contribution in [0.5, 0.6) is 0 Å². The van der Waals surface area contributed by atoms with Crippen molar-refractivity contribution >= 4 is 28.8 Å². The molecule has 3 aromatic rings. The summed E-state index contributed by atoms with van der Waals surface area (Å²) in [7, 11) is 0. The van der Waals surface area contributed by atoms with Crippen LogP contribution in [0.3, 0.4) is 0 Å². The first-order chi connectivity index (χ1) is 13.1. The van der Waals surface area contributed by atoms with E-state index in [0.717, 1.165) is 11.3 Å². The van der Waals surface area contributed by atoms with E-state index >= 15 is 0 Å². The normalized spacial score (nSPS) is 10.6. The summed E-state index contributed by atoms with van der Waals surface area (Å²) in [6.07, 6.45) is 1.53. The average Bonchev–Trinajstić information content (AvgIpc) is 3.34. The van der Waals surface area contributed by atoms with Crippen molar-refractivity contribution in [1.82, 2.24) is 15.5 Å². The Morgan fingerprint density at radius 1 is 1.19 bits per heavy atom. The first-order valence-corrected chi connectivity index (χ1v) is 8.68. The van der Waals surface area contributed by atoms with Gasteiger partial charge in [0.2, 0.25) is 10.9 Å². The molecule has 1 aromatic carbocycles. The molecule has 2 heterocycles. The fourth-order valence-corrected chi connectivity index (χ4v) is 2.67. The van der Waals surface area contributed by atoms with Gasteiger partial charge in [0, 0.05) is 5.69 Å². The van der Waals surface area contributed by atoms with Gasteiger partial charge in [0.15, 0.2) is 0 Å². The fourth-order valence-electron chi connectivity index (χ4n) is 2.00. The predicted molar refractivity (Wildman–Crippen MR) is 94.5 cm³/mol. The molecule has 27 heavy (non-hydrogen) atoms. The number of hydrogen-bond donors (Lipinski definition) is 2. The van der Waals surface area contributed by atoms with Crippen LogP contribution in [-0.2, 0) is 22.7 Å². The standard InChI is InChI=1S/C17H15FN4O4S/c18-11-3-5-12(6-4-11)20-16(24)17-22-21-15(27-17)10-25-9-14(23)19-8-13-2-1-7-26-13/h1-7H,8-10H2,(H,19,23)(H,20,24). The summed E-state index contributed by atoms with van der Waals surface area (Å²) >= 11 is 1.05. The Morgan fingerprint density at radius 3 is 2.74 bits per heavy atom. The van der Waals surface area contributed by atoms with Crippen LogP contribution in [0, 0.1) is 5.82 Å². The van der Waals surface area contributed by atoms with Crippen LogP contribution in [0.15, 0.2) is 47.1 Å². The Morgan fingerprint density at radius 2 is 2.00 bits per heavy atom. The zero-order valence-electron chi connectivity index (χ0n) is 14.0. The Balaban J connectivity index is 1.41. The van der Waals surface area contributed by atoms with E-state index < -0.39 is 11.7 Å². The minimum absolute atomic E-state index is 0.0513. The Hall–Kier alpha value is -3.11. The van der Waals surface area contributed by atoms with E-state index in [4.69, 9.17) is 9.15 Å². The largest absolute Gasteiger partial charge is 0.467 e. The first kappa shape index (κ1) is 18.7. The van der Waals surface area contributed by atoms with Crippen molar-refractivity contribution in [3.8, 4) is 0 Å². The summed E-state index contributed by atoms with van der Waals surface area (Å²) in [6, 6.07) is 8.86. The lowest BCUT2D eigenvalue weighted by Crippen LogP contribution is -2.26. The molecule has 0 saturated heterocycles. The quantitative estimate of drug-likeness (QED) is 0.612. The smallest absolute Gasteiger partial charge is 0.286 e. The van der Waals surface area contributed by atoms with E-state index in [1.165, 1.54) is 30.5 Å². The summed E-state index contributed by atoms with van der Waals surface area (Å²) in [4.78, 5) is 23.7. The summed E-state index contributed by atoms with van der Waals surface area (Å²) in [5.74, 6) is -0.507. The summed E-state index contributed by atoms with van der Waals surface area (Å²) in [5.41, 5.74) is 0.447. The van der Waals surface area contributed by atoms with Crippen molar-refractivity contribution in [2.24, 2.45) is 0 Å². The molecule has 0 bridgehead atoms. The lowest BCUT2D eigenvalue weighted by molar-refractivity contribution is -0.126. The molecule has 140 valence electrons. The topological polar surface area (TPSA) is 106 Å². The van der Waals surface area contributed by atoms with Gasteiger partial charge < -0.3 is 19.8 Å². The van der Waals surface area contributed by atoms with Gasteiger partial charge in [-0.15, -0.1) is 10.2 Å². The summed E-state index contributed by atoms with van der Waals surface area (Å²) < 4.78 is 23.2. The van der Waals surface area contributed by atoms with Crippen LogP contribution in [0.4, 0.5) is 10.1 Å². The second-order valence-electron chi connectivity index (χ2n) is 5.31. The minimum atomic E-state index is -0.457. The predicted octanol–water partition coefficient (Wildman–Crippen LogP) is 2.36. The first-order valence-electron chi connectivity index (χ1n) is 7.86. The molecule has 0 unspecified atom stereocenters. The SMILES string of the molecule is O=C(COCc1nnc(C(=O)Nc2ccc(F)cc2)s1)NCc1ccco1. The number of carbonyl (C=O) groups excluding carboxylic acids is 2. The number of anilines is 1. The van der Waals surface area contributed by atoms with Gasteiger partial charge in [0.05, 0.1) is 12.8 Å². The van der Waals surface area contributed by atoms with E-state index in [2.05, 4.69) is 20.8 Å². The fraction of sp³-hybridized carbons (Fsp3) is 0.176. The highest BCUT2D eigenvalue weighted by Gasteiger charge is 2.13. The average molecular weight is 390 g/mol. The monoisotopic (exact) mass is 390 g/mol. The van der Waals surface area contributed by atoms with Crippen LogP contribution in [0.1, 0.15) is 20.6 Å². The van der Waals surface area contributed by atoms with Crippen molar-refractivity contribution in [1.29, 1.82) is 0 Å². The third-order valence-corrected chi connectivity index (χ3v) is 4.16. The number of hydrogen-bond acceptors (Lipinski definition) is 7. The molecule has 8 nitrogen and oxygen atoms in total. The highest BCUT2D eigenvalue weighted by Crippen LogP contribution is 2.14. The van der Waals surface area contributed by atoms with Crippen LogP contribution in [0.25, 0.3) is 0 Å². The number of benzene rings is 1. The second-order valence-corrected chi connectivity index (χ2v) is 6.37. The molecule has 0 spiro atoms. The Labute approximate surface area is 157 Å². The van der Waals surface area contributed by atoms with Crippen LogP contribution in [-0.4, -0.2) is 28.6 Å². The molecule has 2 aromatic heterocycles. The molecule has 0 aliphatic rings. The molecule has 2 amide bonds. The molecule has 0 atom stereocenters. The van der Waals surface area contributed by atoms with Crippen LogP contribution in [0.2, 0.25) is 0 Å². The molecule has 0 aliphatic carbocycles. The van der Waals surface area contributed by atoms with E-state index in [1.807, 2.05) is 0 Å². The van der Waals surface area contributed by atoms with Crippen molar-refractivity contribution < 1.29 is 23.1 Å². The number of ether oxygens (including phenoxy) is 1. The number of furan rings is 1. The summed E-state index contributed by atoms with van der Waals surface area (Å²) in [5, 5.41) is 13.5. The van der Waals surface area contributed by atoms with E-state index in [0.29, 0.717) is 16.5 Å². The van der Waals surface area contributed by atoms with Crippen molar-refractivity contribution in [2.75, 3.05) is 11.9 Å². The van der Waals surface area contributed by atoms with Gasteiger partial charge in [-0.3, -0.25) is 9.59 Å². The van der Waals surface area contributed by atoms with Crippen LogP contribution >= 0.6 is 11.3 Å². The maximum absolute atomic E-state index is 12.9. The van der Waals surface area contributed by atoms with Gasteiger partial charge in [0.25, 0.3) is 5.91 Å². The highest BCUT2D eigenvalue weighted by molar-refractivity contribution is 7.13. The molecular weight excluding hydrogens is 375 g/mol. The molecular formula is C17H15FN4O4S. The Kier molecular flexibility index (Phi) is 6.23. The molecule has 3 rings (SSSR count). The zero-order valence-corrected chi connectivity index (χ0v) is 14.8. The van der Waals surface area contributed by atoms with Crippen LogP contribution < -0.4 is 10.6 Å². The van der Waals surface area contributed by atoms with Crippen molar-refractivity contribution in [3.05, 3.63) is 64.3 Å². The van der Waals surface area contributed by atoms with Gasteiger partial charge in [0.1, 0.15) is 29.8 Å². The number of rotatable bonds is 8. The minimum Gasteiger partial charge on any atom is -0.467 e. The van der Waals surface area contributed by atoms with Gasteiger partial charge in [-0.2, -0.15) is 0 Å². The van der Waals surface area contributed by atoms with Crippen molar-refractivity contribution in [3.63, 3.8) is 0 Å². The lowest BCUT2D eigenvalue weighted by Gasteiger charge is -2.03. The van der Waals surface area contributed by atoms with E-state index in [1.54, 1.807) is 12.1 Å². The molecule has 10 heteroatoms. The Bertz CT molecular complexity index is 896. The van der Waals surface area contributed by atoms with Gasteiger partial charge in [-0.05, 0) is 36.4 Å². The number of amides is 2. The molecule has 0 fully saturated rings. The third-order valence-electron chi connectivity index (χ3n) is 3.26. The number of nitrogens with zero attached hydrogens (tertiary/aromatic N) is 2. The number of carbonyl (C=O) groups is 2. The molecule has 0 saturated carbocycles. The molecule has 2 N–H and O–H groups in total. The number of aromatic nitrogens is 2. The second kappa shape index (κ2) is 9.01. The molecule has 0 radical (unpaired) electrons. The molecule has 0 aliphatic heterocycles. The number of halogens is 1.